The molecule has 2 saturated carbocycles. The first-order valence-electron chi connectivity index (χ1n) is 8.35. The van der Waals surface area contributed by atoms with Crippen molar-refractivity contribution < 1.29 is 0 Å². The predicted octanol–water partition coefficient (Wildman–Crippen LogP) is 3.17. The molecular weight excluding hydrogens is 220 g/mol. The third-order valence-corrected chi connectivity index (χ3v) is 5.56. The first-order valence-corrected chi connectivity index (χ1v) is 8.35. The largest absolute Gasteiger partial charge is 0.310 e. The molecule has 0 aromatic carbocycles. The lowest BCUT2D eigenvalue weighted by Gasteiger charge is -2.46. The molecule has 18 heavy (non-hydrogen) atoms. The Morgan fingerprint density at radius 3 is 2.33 bits per heavy atom. The lowest BCUT2D eigenvalue weighted by molar-refractivity contribution is 0.0549. The normalized spacial score (nSPS) is 35.8. The van der Waals surface area contributed by atoms with Crippen LogP contribution in [0.2, 0.25) is 0 Å². The van der Waals surface area contributed by atoms with Crippen molar-refractivity contribution in [2.45, 2.75) is 82.8 Å². The molecule has 0 amide bonds. The summed E-state index contributed by atoms with van der Waals surface area (Å²) in [5.41, 5.74) is 0. The van der Waals surface area contributed by atoms with Gasteiger partial charge < -0.3 is 5.32 Å². The van der Waals surface area contributed by atoms with Crippen LogP contribution in [0.5, 0.6) is 0 Å². The fourth-order valence-electron chi connectivity index (χ4n) is 4.13. The lowest BCUT2D eigenvalue weighted by atomic mass is 9.85. The van der Waals surface area contributed by atoms with Crippen molar-refractivity contribution in [1.29, 1.82) is 0 Å². The van der Waals surface area contributed by atoms with Gasteiger partial charge in [0.2, 0.25) is 0 Å². The molecule has 1 saturated heterocycles. The molecule has 2 heteroatoms. The van der Waals surface area contributed by atoms with E-state index in [0.717, 1.165) is 24.0 Å². The van der Waals surface area contributed by atoms with Crippen molar-refractivity contribution in [3.63, 3.8) is 0 Å². The van der Waals surface area contributed by atoms with Crippen LogP contribution in [0.4, 0.5) is 0 Å². The smallest absolute Gasteiger partial charge is 0.0200 e. The third-order valence-electron chi connectivity index (χ3n) is 5.56. The average Bonchev–Trinajstić information content (AvgIpc) is 2.79. The van der Waals surface area contributed by atoms with E-state index in [1.54, 1.807) is 0 Å². The first kappa shape index (κ1) is 12.9. The summed E-state index contributed by atoms with van der Waals surface area (Å²) in [4.78, 5) is 2.81. The van der Waals surface area contributed by atoms with Gasteiger partial charge >= 0.3 is 0 Å². The number of nitrogens with one attached hydrogen (secondary N) is 1. The third kappa shape index (κ3) is 2.91. The van der Waals surface area contributed by atoms with Crippen molar-refractivity contribution in [2.24, 2.45) is 5.92 Å². The molecule has 2 aliphatic carbocycles. The second-order valence-electron chi connectivity index (χ2n) is 6.89. The number of hydrogen-bond donors (Lipinski definition) is 1. The summed E-state index contributed by atoms with van der Waals surface area (Å²) in [5, 5.41) is 3.97. The first-order chi connectivity index (χ1) is 8.85. The highest BCUT2D eigenvalue weighted by atomic mass is 15.2. The molecule has 104 valence electrons. The van der Waals surface area contributed by atoms with Gasteiger partial charge in [0.25, 0.3) is 0 Å². The summed E-state index contributed by atoms with van der Waals surface area (Å²) in [6, 6.07) is 2.56. The molecule has 1 heterocycles. The van der Waals surface area contributed by atoms with E-state index in [0.29, 0.717) is 0 Å². The second kappa shape index (κ2) is 5.92. The van der Waals surface area contributed by atoms with E-state index in [2.05, 4.69) is 17.1 Å². The zero-order valence-corrected chi connectivity index (χ0v) is 12.0. The van der Waals surface area contributed by atoms with Gasteiger partial charge in [0.1, 0.15) is 0 Å². The molecule has 0 aromatic rings. The maximum atomic E-state index is 3.97. The van der Waals surface area contributed by atoms with Gasteiger partial charge in [-0.3, -0.25) is 4.90 Å². The molecule has 2 unspecified atom stereocenters. The molecule has 2 atom stereocenters. The SMILES string of the molecule is CCC1CC(NC2CCCC2)CN(C2CCC2)C1. The summed E-state index contributed by atoms with van der Waals surface area (Å²) in [5.74, 6) is 0.943. The van der Waals surface area contributed by atoms with E-state index in [9.17, 15) is 0 Å². The van der Waals surface area contributed by atoms with Gasteiger partial charge in [-0.15, -0.1) is 0 Å². The molecule has 0 spiro atoms. The Balaban J connectivity index is 1.54. The summed E-state index contributed by atoms with van der Waals surface area (Å²) < 4.78 is 0. The maximum absolute atomic E-state index is 3.97. The Morgan fingerprint density at radius 1 is 0.944 bits per heavy atom. The molecule has 3 fully saturated rings. The molecule has 0 bridgehead atoms. The molecule has 0 aromatic heterocycles. The van der Waals surface area contributed by atoms with Gasteiger partial charge in [-0.25, -0.2) is 0 Å². The molecule has 1 N–H and O–H groups in total. The van der Waals surface area contributed by atoms with Crippen LogP contribution < -0.4 is 5.32 Å². The minimum Gasteiger partial charge on any atom is -0.310 e. The standard InChI is InChI=1S/C16H30N2/c1-2-13-10-15(17-14-6-3-4-7-14)12-18(11-13)16-8-5-9-16/h13-17H,2-12H2,1H3. The molecular formula is C16H30N2. The fourth-order valence-corrected chi connectivity index (χ4v) is 4.13. The maximum Gasteiger partial charge on any atom is 0.0200 e. The highest BCUT2D eigenvalue weighted by Crippen LogP contribution is 2.31. The van der Waals surface area contributed by atoms with Gasteiger partial charge in [-0.05, 0) is 38.0 Å². The molecule has 1 aliphatic heterocycles. The van der Waals surface area contributed by atoms with Gasteiger partial charge in [-0.2, -0.15) is 0 Å². The van der Waals surface area contributed by atoms with Gasteiger partial charge in [0, 0.05) is 31.2 Å². The number of rotatable bonds is 4. The van der Waals surface area contributed by atoms with Crippen molar-refractivity contribution in [2.75, 3.05) is 13.1 Å². The molecule has 3 rings (SSSR count). The van der Waals surface area contributed by atoms with Crippen LogP contribution in [-0.2, 0) is 0 Å². The number of likely N-dealkylation sites (tertiary alicyclic amines) is 1. The average molecular weight is 250 g/mol. The number of nitrogens with zero attached hydrogens (tertiary/aromatic N) is 1. The van der Waals surface area contributed by atoms with E-state index < -0.39 is 0 Å². The van der Waals surface area contributed by atoms with Crippen LogP contribution in [0.1, 0.15) is 64.7 Å². The van der Waals surface area contributed by atoms with Crippen molar-refractivity contribution in [3.8, 4) is 0 Å². The van der Waals surface area contributed by atoms with Crippen LogP contribution in [0, 0.1) is 5.92 Å². The summed E-state index contributed by atoms with van der Waals surface area (Å²) in [7, 11) is 0. The van der Waals surface area contributed by atoms with Gasteiger partial charge in [0.05, 0.1) is 0 Å². The summed E-state index contributed by atoms with van der Waals surface area (Å²) >= 11 is 0. The zero-order valence-electron chi connectivity index (χ0n) is 12.0. The minimum atomic E-state index is 0.785. The van der Waals surface area contributed by atoms with E-state index in [4.69, 9.17) is 0 Å². The minimum absolute atomic E-state index is 0.785. The van der Waals surface area contributed by atoms with Gasteiger partial charge in [0.15, 0.2) is 0 Å². The van der Waals surface area contributed by atoms with Crippen molar-refractivity contribution in [3.05, 3.63) is 0 Å². The van der Waals surface area contributed by atoms with Crippen LogP contribution in [0.15, 0.2) is 0 Å². The fraction of sp³-hybridized carbons (Fsp3) is 1.00. The summed E-state index contributed by atoms with van der Waals surface area (Å²) in [6.45, 7) is 5.09. The van der Waals surface area contributed by atoms with Crippen LogP contribution >= 0.6 is 0 Å². The quantitative estimate of drug-likeness (QED) is 0.824. The predicted molar refractivity (Wildman–Crippen MR) is 76.8 cm³/mol. The van der Waals surface area contributed by atoms with E-state index >= 15 is 0 Å². The lowest BCUT2D eigenvalue weighted by Crippen LogP contribution is -2.55. The Hall–Kier alpha value is -0.0800. The van der Waals surface area contributed by atoms with Gasteiger partial charge in [-0.1, -0.05) is 32.6 Å². The van der Waals surface area contributed by atoms with Crippen molar-refractivity contribution in [1.82, 2.24) is 10.2 Å². The van der Waals surface area contributed by atoms with E-state index in [-0.39, 0.29) is 0 Å². The Labute approximate surface area is 113 Å². The van der Waals surface area contributed by atoms with Crippen LogP contribution in [0.25, 0.3) is 0 Å². The Morgan fingerprint density at radius 2 is 1.72 bits per heavy atom. The van der Waals surface area contributed by atoms with Crippen molar-refractivity contribution >= 4 is 0 Å². The molecule has 3 aliphatic rings. The Kier molecular flexibility index (Phi) is 4.25. The topological polar surface area (TPSA) is 15.3 Å². The number of piperidine rings is 1. The van der Waals surface area contributed by atoms with Crippen LogP contribution in [0.3, 0.4) is 0 Å². The van der Waals surface area contributed by atoms with E-state index in [1.165, 1.54) is 70.9 Å². The van der Waals surface area contributed by atoms with Crippen LogP contribution in [-0.4, -0.2) is 36.1 Å². The monoisotopic (exact) mass is 250 g/mol. The molecule has 2 nitrogen and oxygen atoms in total. The highest BCUT2D eigenvalue weighted by molar-refractivity contribution is 4.91. The zero-order chi connectivity index (χ0) is 12.4. The second-order valence-corrected chi connectivity index (χ2v) is 6.89. The Bertz CT molecular complexity index is 256. The van der Waals surface area contributed by atoms with E-state index in [1.807, 2.05) is 0 Å². The highest BCUT2D eigenvalue weighted by Gasteiger charge is 2.33. The number of hydrogen-bond acceptors (Lipinski definition) is 2. The molecule has 0 radical (unpaired) electrons. The summed E-state index contributed by atoms with van der Waals surface area (Å²) in [6.07, 6.45) is 13.0.